The van der Waals surface area contributed by atoms with Crippen molar-refractivity contribution in [2.45, 2.75) is 6.54 Å². The third kappa shape index (κ3) is 2.73. The molecule has 0 saturated heterocycles. The van der Waals surface area contributed by atoms with Gasteiger partial charge in [-0.3, -0.25) is 0 Å². The molecule has 0 aliphatic heterocycles. The van der Waals surface area contributed by atoms with Crippen molar-refractivity contribution in [1.29, 1.82) is 0 Å². The summed E-state index contributed by atoms with van der Waals surface area (Å²) in [5.74, 6) is 0.798. The molecule has 3 nitrogen and oxygen atoms in total. The fraction of sp³-hybridized carbons (Fsp3) is 0.182. The van der Waals surface area contributed by atoms with Gasteiger partial charge in [-0.1, -0.05) is 17.7 Å². The summed E-state index contributed by atoms with van der Waals surface area (Å²) in [6.45, 7) is 0.758. The van der Waals surface area contributed by atoms with E-state index in [9.17, 15) is 0 Å². The maximum absolute atomic E-state index is 5.78. The first-order valence-corrected chi connectivity index (χ1v) is 5.09. The number of nitrogens with zero attached hydrogens (tertiary/aromatic N) is 2. The van der Waals surface area contributed by atoms with Gasteiger partial charge >= 0.3 is 0 Å². The van der Waals surface area contributed by atoms with E-state index in [4.69, 9.17) is 11.6 Å². The summed E-state index contributed by atoms with van der Waals surface area (Å²) in [5.41, 5.74) is 1.22. The molecule has 0 aliphatic carbocycles. The van der Waals surface area contributed by atoms with Gasteiger partial charge in [-0.2, -0.15) is 0 Å². The molecule has 2 rings (SSSR count). The third-order valence-corrected chi connectivity index (χ3v) is 2.29. The summed E-state index contributed by atoms with van der Waals surface area (Å²) in [4.78, 5) is 4.14. The summed E-state index contributed by atoms with van der Waals surface area (Å²) >= 11 is 5.78. The molecule has 2 aromatic rings. The van der Waals surface area contributed by atoms with Gasteiger partial charge in [0.1, 0.15) is 11.0 Å². The highest BCUT2D eigenvalue weighted by molar-refractivity contribution is 6.29. The number of hydrogen-bond donors (Lipinski definition) is 1. The first-order valence-electron chi connectivity index (χ1n) is 4.71. The van der Waals surface area contributed by atoms with Crippen molar-refractivity contribution in [3.63, 3.8) is 0 Å². The molecule has 0 fully saturated rings. The van der Waals surface area contributed by atoms with E-state index in [1.807, 2.05) is 29.9 Å². The minimum Gasteiger partial charge on any atom is -0.366 e. The lowest BCUT2D eigenvalue weighted by atomic mass is 10.3. The van der Waals surface area contributed by atoms with Gasteiger partial charge in [0, 0.05) is 26.0 Å². The van der Waals surface area contributed by atoms with E-state index in [1.165, 1.54) is 5.56 Å². The Morgan fingerprint density at radius 1 is 1.40 bits per heavy atom. The predicted molar refractivity (Wildman–Crippen MR) is 62.0 cm³/mol. The second-order valence-corrected chi connectivity index (χ2v) is 3.77. The number of pyridine rings is 1. The lowest BCUT2D eigenvalue weighted by Gasteiger charge is -2.03. The molecule has 15 heavy (non-hydrogen) atoms. The molecule has 0 amide bonds. The van der Waals surface area contributed by atoms with Crippen LogP contribution in [0.5, 0.6) is 0 Å². The average molecular weight is 222 g/mol. The van der Waals surface area contributed by atoms with E-state index < -0.39 is 0 Å². The van der Waals surface area contributed by atoms with Crippen LogP contribution in [0.2, 0.25) is 5.15 Å². The molecule has 0 aliphatic rings. The van der Waals surface area contributed by atoms with Gasteiger partial charge < -0.3 is 9.88 Å². The topological polar surface area (TPSA) is 29.9 Å². The Morgan fingerprint density at radius 2 is 2.27 bits per heavy atom. The molecule has 2 heterocycles. The van der Waals surface area contributed by atoms with Crippen LogP contribution in [0.15, 0.2) is 36.7 Å². The number of rotatable bonds is 3. The van der Waals surface area contributed by atoms with Crippen LogP contribution in [0.3, 0.4) is 0 Å². The highest BCUT2D eigenvalue weighted by atomic mass is 35.5. The Kier molecular flexibility index (Phi) is 2.92. The number of aryl methyl sites for hydroxylation is 1. The Balaban J connectivity index is 1.99. The average Bonchev–Trinajstić information content (AvgIpc) is 2.62. The first-order chi connectivity index (χ1) is 7.24. The predicted octanol–water partition coefficient (Wildman–Crippen LogP) is 2.69. The number of aromatic nitrogens is 2. The molecule has 0 unspecified atom stereocenters. The van der Waals surface area contributed by atoms with Gasteiger partial charge in [-0.05, 0) is 23.8 Å². The van der Waals surface area contributed by atoms with E-state index in [1.54, 1.807) is 6.07 Å². The number of nitrogens with one attached hydrogen (secondary N) is 1. The second kappa shape index (κ2) is 4.36. The highest BCUT2D eigenvalue weighted by Crippen LogP contribution is 2.10. The van der Waals surface area contributed by atoms with Crippen molar-refractivity contribution < 1.29 is 0 Å². The lowest BCUT2D eigenvalue weighted by Crippen LogP contribution is -2.00. The fourth-order valence-electron chi connectivity index (χ4n) is 1.36. The lowest BCUT2D eigenvalue weighted by molar-refractivity contribution is 0.919. The van der Waals surface area contributed by atoms with Gasteiger partial charge in [0.15, 0.2) is 0 Å². The van der Waals surface area contributed by atoms with E-state index in [-0.39, 0.29) is 0 Å². The Bertz CT molecular complexity index is 451. The number of anilines is 1. The van der Waals surface area contributed by atoms with Crippen molar-refractivity contribution in [3.05, 3.63) is 47.4 Å². The maximum Gasteiger partial charge on any atom is 0.131 e. The van der Waals surface area contributed by atoms with Crippen LogP contribution in [0, 0.1) is 0 Å². The molecular weight excluding hydrogens is 210 g/mol. The van der Waals surface area contributed by atoms with Crippen LogP contribution in [0.25, 0.3) is 0 Å². The summed E-state index contributed by atoms with van der Waals surface area (Å²) in [6, 6.07) is 7.60. The molecule has 0 spiro atoms. The molecular formula is C11H12ClN3. The quantitative estimate of drug-likeness (QED) is 0.808. The summed E-state index contributed by atoms with van der Waals surface area (Å²) < 4.78 is 2.02. The van der Waals surface area contributed by atoms with Crippen LogP contribution in [-0.2, 0) is 13.6 Å². The van der Waals surface area contributed by atoms with Crippen LogP contribution < -0.4 is 5.32 Å². The van der Waals surface area contributed by atoms with Crippen LogP contribution in [0.1, 0.15) is 5.56 Å². The molecule has 0 bridgehead atoms. The summed E-state index contributed by atoms with van der Waals surface area (Å²) in [7, 11) is 2.00. The van der Waals surface area contributed by atoms with Crippen LogP contribution >= 0.6 is 11.6 Å². The zero-order valence-corrected chi connectivity index (χ0v) is 9.20. The molecule has 0 atom stereocenters. The monoisotopic (exact) mass is 221 g/mol. The third-order valence-electron chi connectivity index (χ3n) is 2.08. The van der Waals surface area contributed by atoms with Crippen molar-refractivity contribution in [3.8, 4) is 0 Å². The molecule has 0 radical (unpaired) electrons. The Hall–Kier alpha value is -1.48. The minimum atomic E-state index is 0.507. The van der Waals surface area contributed by atoms with Gasteiger partial charge in [-0.15, -0.1) is 0 Å². The van der Waals surface area contributed by atoms with Crippen LogP contribution in [-0.4, -0.2) is 9.55 Å². The van der Waals surface area contributed by atoms with Crippen molar-refractivity contribution in [2.24, 2.45) is 7.05 Å². The highest BCUT2D eigenvalue weighted by Gasteiger charge is 1.97. The smallest absolute Gasteiger partial charge is 0.131 e. The Labute approximate surface area is 93.7 Å². The van der Waals surface area contributed by atoms with Gasteiger partial charge in [0.2, 0.25) is 0 Å². The largest absolute Gasteiger partial charge is 0.366 e. The first kappa shape index (κ1) is 10.1. The van der Waals surface area contributed by atoms with Crippen molar-refractivity contribution in [1.82, 2.24) is 9.55 Å². The van der Waals surface area contributed by atoms with Gasteiger partial charge in [0.05, 0.1) is 0 Å². The van der Waals surface area contributed by atoms with Gasteiger partial charge in [0.25, 0.3) is 0 Å². The molecule has 1 N–H and O–H groups in total. The van der Waals surface area contributed by atoms with E-state index in [2.05, 4.69) is 22.6 Å². The van der Waals surface area contributed by atoms with Crippen LogP contribution in [0.4, 0.5) is 5.82 Å². The van der Waals surface area contributed by atoms with Crippen molar-refractivity contribution in [2.75, 3.05) is 5.32 Å². The normalized spacial score (nSPS) is 10.3. The number of halogens is 1. The number of hydrogen-bond acceptors (Lipinski definition) is 2. The molecule has 0 saturated carbocycles. The van der Waals surface area contributed by atoms with E-state index >= 15 is 0 Å². The fourth-order valence-corrected chi connectivity index (χ4v) is 1.53. The zero-order valence-electron chi connectivity index (χ0n) is 8.44. The SMILES string of the molecule is Cn1ccc(CNc2cccc(Cl)n2)c1. The van der Waals surface area contributed by atoms with Crippen molar-refractivity contribution >= 4 is 17.4 Å². The Morgan fingerprint density at radius 3 is 2.93 bits per heavy atom. The minimum absolute atomic E-state index is 0.507. The second-order valence-electron chi connectivity index (χ2n) is 3.38. The summed E-state index contributed by atoms with van der Waals surface area (Å²) in [5, 5.41) is 3.71. The standard InChI is InChI=1S/C11H12ClN3/c1-15-6-5-9(8-15)7-13-11-4-2-3-10(12)14-11/h2-6,8H,7H2,1H3,(H,13,14). The summed E-state index contributed by atoms with van der Waals surface area (Å²) in [6.07, 6.45) is 4.08. The molecule has 4 heteroatoms. The van der Waals surface area contributed by atoms with E-state index in [0.717, 1.165) is 12.4 Å². The van der Waals surface area contributed by atoms with Gasteiger partial charge in [-0.25, -0.2) is 4.98 Å². The zero-order chi connectivity index (χ0) is 10.7. The molecule has 0 aromatic carbocycles. The molecule has 78 valence electrons. The maximum atomic E-state index is 5.78. The molecule has 2 aromatic heterocycles. The van der Waals surface area contributed by atoms with E-state index in [0.29, 0.717) is 5.15 Å².